The monoisotopic (exact) mass is 331 g/mol. The van der Waals surface area contributed by atoms with E-state index >= 15 is 0 Å². The molecule has 0 bridgehead atoms. The van der Waals surface area contributed by atoms with Gasteiger partial charge in [0.05, 0.1) is 0 Å². The number of para-hydroxylation sites is 1. The first-order valence-electron chi connectivity index (χ1n) is 7.64. The van der Waals surface area contributed by atoms with E-state index in [1.54, 1.807) is 0 Å². The summed E-state index contributed by atoms with van der Waals surface area (Å²) in [6, 6.07) is 15.4. The van der Waals surface area contributed by atoms with Gasteiger partial charge < -0.3 is 15.2 Å². The molecule has 4 heteroatoms. The van der Waals surface area contributed by atoms with Crippen molar-refractivity contribution >= 4 is 11.6 Å². The summed E-state index contributed by atoms with van der Waals surface area (Å²) in [5.74, 6) is 0.796. The molecule has 2 aromatic carbocycles. The lowest BCUT2D eigenvalue weighted by Gasteiger charge is -2.15. The Hall–Kier alpha value is -1.81. The molecule has 0 fully saturated rings. The van der Waals surface area contributed by atoms with E-state index in [1.165, 1.54) is 0 Å². The van der Waals surface area contributed by atoms with Crippen LogP contribution in [-0.4, -0.2) is 24.4 Å². The van der Waals surface area contributed by atoms with Crippen LogP contribution in [0.3, 0.4) is 0 Å². The molecule has 3 nitrogen and oxygen atoms in total. The van der Waals surface area contributed by atoms with Crippen molar-refractivity contribution in [2.24, 2.45) is 0 Å². The van der Waals surface area contributed by atoms with Crippen LogP contribution in [0.25, 0.3) is 0 Å². The SMILES string of the molecule is C=CCc1ccccc1OCC(O)CNCc1ccc(Cl)cc1. The van der Waals surface area contributed by atoms with Crippen LogP contribution < -0.4 is 10.1 Å². The van der Waals surface area contributed by atoms with Crippen LogP contribution >= 0.6 is 11.6 Å². The summed E-state index contributed by atoms with van der Waals surface area (Å²) in [5, 5.41) is 14.0. The molecule has 0 aliphatic rings. The van der Waals surface area contributed by atoms with Crippen molar-refractivity contribution in [3.05, 3.63) is 77.3 Å². The number of hydrogen-bond acceptors (Lipinski definition) is 3. The van der Waals surface area contributed by atoms with E-state index in [1.807, 2.05) is 54.6 Å². The summed E-state index contributed by atoms with van der Waals surface area (Å²) in [5.41, 5.74) is 2.20. The highest BCUT2D eigenvalue weighted by Crippen LogP contribution is 2.18. The summed E-state index contributed by atoms with van der Waals surface area (Å²) < 4.78 is 5.71. The predicted molar refractivity (Wildman–Crippen MR) is 95.0 cm³/mol. The fraction of sp³-hybridized carbons (Fsp3) is 0.263. The largest absolute Gasteiger partial charge is 0.491 e. The number of rotatable bonds is 9. The lowest BCUT2D eigenvalue weighted by Crippen LogP contribution is -2.31. The van der Waals surface area contributed by atoms with Crippen LogP contribution in [0.4, 0.5) is 0 Å². The maximum atomic E-state index is 10.0. The molecule has 2 N–H and O–H groups in total. The van der Waals surface area contributed by atoms with Gasteiger partial charge in [0.1, 0.15) is 18.5 Å². The lowest BCUT2D eigenvalue weighted by molar-refractivity contribution is 0.106. The smallest absolute Gasteiger partial charge is 0.122 e. The van der Waals surface area contributed by atoms with Crippen molar-refractivity contribution in [1.29, 1.82) is 0 Å². The first kappa shape index (κ1) is 17.5. The Morgan fingerprint density at radius 1 is 1.17 bits per heavy atom. The number of nitrogens with one attached hydrogen (secondary N) is 1. The van der Waals surface area contributed by atoms with Gasteiger partial charge in [-0.25, -0.2) is 0 Å². The van der Waals surface area contributed by atoms with Gasteiger partial charge in [0.25, 0.3) is 0 Å². The number of aliphatic hydroxyl groups is 1. The highest BCUT2D eigenvalue weighted by Gasteiger charge is 2.07. The number of halogens is 1. The average molecular weight is 332 g/mol. The number of ether oxygens (including phenoxy) is 1. The highest BCUT2D eigenvalue weighted by atomic mass is 35.5. The topological polar surface area (TPSA) is 41.5 Å². The van der Waals surface area contributed by atoms with Crippen LogP contribution in [0, 0.1) is 0 Å². The first-order valence-corrected chi connectivity index (χ1v) is 8.01. The number of benzene rings is 2. The predicted octanol–water partition coefficient (Wildman–Crippen LogP) is 3.60. The van der Waals surface area contributed by atoms with Crippen molar-refractivity contribution in [1.82, 2.24) is 5.32 Å². The molecular formula is C19H22ClNO2. The van der Waals surface area contributed by atoms with Gasteiger partial charge in [-0.1, -0.05) is 48.0 Å². The van der Waals surface area contributed by atoms with Gasteiger partial charge in [-0.15, -0.1) is 6.58 Å². The Morgan fingerprint density at radius 2 is 1.91 bits per heavy atom. The molecule has 122 valence electrons. The van der Waals surface area contributed by atoms with Crippen molar-refractivity contribution in [3.63, 3.8) is 0 Å². The molecule has 0 spiro atoms. The van der Waals surface area contributed by atoms with E-state index in [0.717, 1.165) is 28.3 Å². The Balaban J connectivity index is 1.73. The highest BCUT2D eigenvalue weighted by molar-refractivity contribution is 6.30. The Kier molecular flexibility index (Phi) is 7.14. The molecule has 23 heavy (non-hydrogen) atoms. The minimum Gasteiger partial charge on any atom is -0.491 e. The van der Waals surface area contributed by atoms with Gasteiger partial charge in [-0.05, 0) is 35.7 Å². The van der Waals surface area contributed by atoms with Gasteiger partial charge in [0, 0.05) is 18.1 Å². The molecule has 1 unspecified atom stereocenters. The van der Waals surface area contributed by atoms with Gasteiger partial charge in [-0.3, -0.25) is 0 Å². The molecule has 0 aromatic heterocycles. The summed E-state index contributed by atoms with van der Waals surface area (Å²) in [6.45, 7) is 5.14. The Labute approximate surface area is 142 Å². The van der Waals surface area contributed by atoms with Crippen LogP contribution in [0.2, 0.25) is 5.02 Å². The zero-order valence-corrected chi connectivity index (χ0v) is 13.8. The summed E-state index contributed by atoms with van der Waals surface area (Å²) in [6.07, 6.45) is 2.02. The Bertz CT molecular complexity index is 613. The van der Waals surface area contributed by atoms with E-state index in [-0.39, 0.29) is 6.61 Å². The maximum absolute atomic E-state index is 10.0. The molecular weight excluding hydrogens is 310 g/mol. The fourth-order valence-corrected chi connectivity index (χ4v) is 2.33. The molecule has 0 aliphatic carbocycles. The summed E-state index contributed by atoms with van der Waals surface area (Å²) >= 11 is 5.85. The van der Waals surface area contributed by atoms with E-state index in [4.69, 9.17) is 16.3 Å². The third kappa shape index (κ3) is 6.06. The van der Waals surface area contributed by atoms with Crippen molar-refractivity contribution in [2.75, 3.05) is 13.2 Å². The van der Waals surface area contributed by atoms with Crippen molar-refractivity contribution < 1.29 is 9.84 Å². The maximum Gasteiger partial charge on any atom is 0.122 e. The molecule has 0 heterocycles. The zero-order valence-electron chi connectivity index (χ0n) is 13.0. The molecule has 2 rings (SSSR count). The minimum absolute atomic E-state index is 0.252. The molecule has 2 aromatic rings. The normalized spacial score (nSPS) is 11.9. The molecule has 0 saturated carbocycles. The third-order valence-electron chi connectivity index (χ3n) is 3.39. The number of hydrogen-bond donors (Lipinski definition) is 2. The number of allylic oxidation sites excluding steroid dienone is 1. The first-order chi connectivity index (χ1) is 11.2. The van der Waals surface area contributed by atoms with E-state index in [0.29, 0.717) is 13.1 Å². The summed E-state index contributed by atoms with van der Waals surface area (Å²) in [7, 11) is 0. The molecule has 0 radical (unpaired) electrons. The second-order valence-electron chi connectivity index (χ2n) is 5.32. The van der Waals surface area contributed by atoms with Gasteiger partial charge in [0.2, 0.25) is 0 Å². The number of aliphatic hydroxyl groups excluding tert-OH is 1. The van der Waals surface area contributed by atoms with Crippen LogP contribution in [0.1, 0.15) is 11.1 Å². The quantitative estimate of drug-likeness (QED) is 0.690. The van der Waals surface area contributed by atoms with Crippen LogP contribution in [0.5, 0.6) is 5.75 Å². The van der Waals surface area contributed by atoms with Crippen LogP contribution in [-0.2, 0) is 13.0 Å². The second kappa shape index (κ2) is 9.36. The minimum atomic E-state index is -0.570. The Morgan fingerprint density at radius 3 is 2.65 bits per heavy atom. The fourth-order valence-electron chi connectivity index (χ4n) is 2.20. The average Bonchev–Trinajstić information content (AvgIpc) is 2.56. The third-order valence-corrected chi connectivity index (χ3v) is 3.64. The van der Waals surface area contributed by atoms with E-state index < -0.39 is 6.10 Å². The van der Waals surface area contributed by atoms with E-state index in [9.17, 15) is 5.11 Å². The van der Waals surface area contributed by atoms with Gasteiger partial charge in [0.15, 0.2) is 0 Å². The second-order valence-corrected chi connectivity index (χ2v) is 5.76. The molecule has 0 amide bonds. The standard InChI is InChI=1S/C19H22ClNO2/c1-2-5-16-6-3-4-7-19(16)23-14-18(22)13-21-12-15-8-10-17(20)11-9-15/h2-4,6-11,18,21-22H,1,5,12-14H2. The van der Waals surface area contributed by atoms with E-state index in [2.05, 4.69) is 11.9 Å². The molecule has 1 atom stereocenters. The molecule has 0 aliphatic heterocycles. The van der Waals surface area contributed by atoms with Gasteiger partial charge >= 0.3 is 0 Å². The van der Waals surface area contributed by atoms with Gasteiger partial charge in [-0.2, -0.15) is 0 Å². The van der Waals surface area contributed by atoms with Crippen molar-refractivity contribution in [2.45, 2.75) is 19.1 Å². The van der Waals surface area contributed by atoms with Crippen molar-refractivity contribution in [3.8, 4) is 5.75 Å². The molecule has 0 saturated heterocycles. The zero-order chi connectivity index (χ0) is 16.5. The lowest BCUT2D eigenvalue weighted by atomic mass is 10.1. The summed E-state index contributed by atoms with van der Waals surface area (Å²) in [4.78, 5) is 0. The van der Waals surface area contributed by atoms with Crippen LogP contribution in [0.15, 0.2) is 61.2 Å².